The first-order valence-corrected chi connectivity index (χ1v) is 27.7. The van der Waals surface area contributed by atoms with Gasteiger partial charge < -0.3 is 44.1 Å². The van der Waals surface area contributed by atoms with E-state index in [0.29, 0.717) is 51.1 Å². The van der Waals surface area contributed by atoms with Crippen LogP contribution in [0.15, 0.2) is 36.5 Å². The predicted octanol–water partition coefficient (Wildman–Crippen LogP) is 3.94. The van der Waals surface area contributed by atoms with Crippen molar-refractivity contribution in [1.82, 2.24) is 39.9 Å². The molecule has 4 fully saturated rings. The maximum atomic E-state index is 14.7. The Bertz CT molecular complexity index is 2350. The molecular weight excluding hydrogens is 993 g/mol. The molecule has 21 heteroatoms. The van der Waals surface area contributed by atoms with Gasteiger partial charge in [-0.25, -0.2) is 4.68 Å². The molecule has 1 aromatic heterocycles. The summed E-state index contributed by atoms with van der Waals surface area (Å²) in [5.41, 5.74) is 1.33. The number of imide groups is 1. The number of amides is 6. The summed E-state index contributed by atoms with van der Waals surface area (Å²) in [6.45, 7) is 13.1. The van der Waals surface area contributed by atoms with Gasteiger partial charge in [-0.05, 0) is 61.8 Å². The molecule has 2 N–H and O–H groups in total. The summed E-state index contributed by atoms with van der Waals surface area (Å²) in [5, 5.41) is 21.2. The first kappa shape index (κ1) is 60.6. The number of carboxylic acids is 1. The average Bonchev–Trinajstić information content (AvgIpc) is 4.30. The minimum absolute atomic E-state index is 0.0415. The molecule has 77 heavy (non-hydrogen) atoms. The van der Waals surface area contributed by atoms with Gasteiger partial charge in [-0.15, -0.1) is 5.10 Å². The van der Waals surface area contributed by atoms with E-state index in [0.717, 1.165) is 18.4 Å². The monoisotopic (exact) mass is 1080 g/mol. The van der Waals surface area contributed by atoms with Crippen LogP contribution in [0.3, 0.4) is 0 Å². The van der Waals surface area contributed by atoms with E-state index < -0.39 is 54.2 Å². The van der Waals surface area contributed by atoms with Gasteiger partial charge >= 0.3 is 5.97 Å². The zero-order valence-electron chi connectivity index (χ0n) is 46.7. The van der Waals surface area contributed by atoms with E-state index in [1.54, 1.807) is 46.5 Å². The van der Waals surface area contributed by atoms with Crippen LogP contribution in [0.2, 0.25) is 0 Å². The Hall–Kier alpha value is -5.64. The second-order valence-corrected chi connectivity index (χ2v) is 22.1. The molecule has 12 atom stereocenters. The Kier molecular flexibility index (Phi) is 22.3. The lowest BCUT2D eigenvalue weighted by Crippen LogP contribution is -2.60. The fourth-order valence-electron chi connectivity index (χ4n) is 12.0. The number of carboxylic acid groups (broad SMARTS) is 1. The molecule has 1 aliphatic carbocycles. The summed E-state index contributed by atoms with van der Waals surface area (Å²) < 4.78 is 25.1. The van der Waals surface area contributed by atoms with Gasteiger partial charge in [0.2, 0.25) is 35.4 Å². The molecule has 2 bridgehead atoms. The molecule has 0 radical (unpaired) electrons. The highest BCUT2D eigenvalue weighted by Gasteiger charge is 2.52. The number of aromatic nitrogens is 3. The van der Waals surface area contributed by atoms with Gasteiger partial charge in [-0.3, -0.25) is 43.3 Å². The Morgan fingerprint density at radius 2 is 1.62 bits per heavy atom. The third-order valence-electron chi connectivity index (χ3n) is 16.5. The van der Waals surface area contributed by atoms with E-state index in [-0.39, 0.29) is 129 Å². The number of piperidine rings is 1. The van der Waals surface area contributed by atoms with Gasteiger partial charge in [0.1, 0.15) is 23.6 Å². The van der Waals surface area contributed by atoms with E-state index in [4.69, 9.17) is 18.9 Å². The van der Waals surface area contributed by atoms with Crippen molar-refractivity contribution in [2.45, 2.75) is 168 Å². The highest BCUT2D eigenvalue weighted by molar-refractivity contribution is 6.03. The number of ether oxygens (including phenoxy) is 4. The number of hydrogen-bond acceptors (Lipinski definition) is 14. The number of methoxy groups -OCH3 is 2. The summed E-state index contributed by atoms with van der Waals surface area (Å²) in [6, 6.07) is 6.45. The van der Waals surface area contributed by atoms with E-state index >= 15 is 0 Å². The van der Waals surface area contributed by atoms with E-state index in [1.807, 2.05) is 58.0 Å². The number of rotatable bonds is 31. The van der Waals surface area contributed by atoms with Crippen LogP contribution in [-0.2, 0) is 76.8 Å². The van der Waals surface area contributed by atoms with Crippen molar-refractivity contribution in [3.63, 3.8) is 0 Å². The molecule has 4 heterocycles. The van der Waals surface area contributed by atoms with Crippen LogP contribution < -0.4 is 5.32 Å². The second-order valence-electron chi connectivity index (χ2n) is 22.1. The van der Waals surface area contributed by atoms with Gasteiger partial charge in [0, 0.05) is 58.5 Å². The number of ketones is 1. The highest BCUT2D eigenvalue weighted by atomic mass is 16.5. The lowest BCUT2D eigenvalue weighted by molar-refractivity contribution is -0.149. The van der Waals surface area contributed by atoms with Crippen LogP contribution in [0.1, 0.15) is 117 Å². The third kappa shape index (κ3) is 15.1. The minimum Gasteiger partial charge on any atom is -0.481 e. The number of likely N-dealkylation sites (N-methyl/N-ethyl adjacent to an activating group) is 1. The molecule has 1 aromatic carbocycles. The quantitative estimate of drug-likeness (QED) is 0.0802. The number of likely N-dealkylation sites (tertiary alicyclic amines) is 3. The number of Topliss-reactive ketones (excluding diaryl/α,β-unsaturated/α-hetero) is 1. The molecule has 6 amide bonds. The molecule has 1 saturated carbocycles. The molecule has 426 valence electrons. The first-order chi connectivity index (χ1) is 36.8. The number of nitrogens with zero attached hydrogens (tertiary/aromatic N) is 7. The van der Waals surface area contributed by atoms with Gasteiger partial charge in [0.05, 0.1) is 88.8 Å². The maximum Gasteiger partial charge on any atom is 0.307 e. The Balaban J connectivity index is 1.000. The number of nitrogens with one attached hydrogen (secondary N) is 1. The van der Waals surface area contributed by atoms with Crippen molar-refractivity contribution >= 4 is 47.2 Å². The zero-order chi connectivity index (χ0) is 56.1. The Morgan fingerprint density at radius 3 is 2.26 bits per heavy atom. The lowest BCUT2D eigenvalue weighted by Gasteiger charge is -2.41. The number of carbonyl (C=O) groups is 8. The number of carbonyl (C=O) groups excluding carboxylic acids is 7. The van der Waals surface area contributed by atoms with Gasteiger partial charge in [-0.2, -0.15) is 0 Å². The number of hydrogen-bond donors (Lipinski definition) is 2. The van der Waals surface area contributed by atoms with Gasteiger partial charge in [-0.1, -0.05) is 83.5 Å². The first-order valence-electron chi connectivity index (χ1n) is 27.7. The molecule has 21 nitrogen and oxygen atoms in total. The SMILES string of the molecule is CC[C@H](C)[C@@H]([C@@H](CC(=O)N1CCC[C@H]1[C@H](OC)[C@@H](C)C(=O)C[C@@H](Cc1ccccc1)C(=O)O)OC)N(C)C(=O)[C@@H](NC(=O)[C@@H]1[C@H]2CC[C@@H](C2)N1C(=O)CCOCCOCCn1cc(CN2C(=O)CC(C)C2=O)nn1)C(C)C. The van der Waals surface area contributed by atoms with Crippen molar-refractivity contribution in [1.29, 1.82) is 0 Å². The van der Waals surface area contributed by atoms with Crippen LogP contribution in [0.4, 0.5) is 0 Å². The van der Waals surface area contributed by atoms with Crippen LogP contribution in [0, 0.1) is 35.5 Å². The lowest BCUT2D eigenvalue weighted by atomic mass is 9.85. The van der Waals surface area contributed by atoms with E-state index in [9.17, 15) is 43.5 Å². The summed E-state index contributed by atoms with van der Waals surface area (Å²) >= 11 is 0. The van der Waals surface area contributed by atoms with Crippen LogP contribution in [0.25, 0.3) is 0 Å². The Labute approximate surface area is 453 Å². The molecule has 0 spiro atoms. The molecule has 6 rings (SSSR count). The summed E-state index contributed by atoms with van der Waals surface area (Å²) in [7, 11) is 4.71. The minimum atomic E-state index is -1.05. The van der Waals surface area contributed by atoms with E-state index in [2.05, 4.69) is 15.6 Å². The van der Waals surface area contributed by atoms with Crippen molar-refractivity contribution in [3.8, 4) is 0 Å². The van der Waals surface area contributed by atoms with Crippen molar-refractivity contribution in [2.75, 3.05) is 54.2 Å². The smallest absolute Gasteiger partial charge is 0.307 e. The highest BCUT2D eigenvalue weighted by Crippen LogP contribution is 2.43. The van der Waals surface area contributed by atoms with Crippen LogP contribution in [-0.4, -0.2) is 184 Å². The molecule has 4 aliphatic rings. The number of benzene rings is 1. The van der Waals surface area contributed by atoms with Gasteiger partial charge in [0.15, 0.2) is 0 Å². The van der Waals surface area contributed by atoms with Crippen LogP contribution >= 0.6 is 0 Å². The Morgan fingerprint density at radius 1 is 0.909 bits per heavy atom. The maximum absolute atomic E-state index is 14.7. The normalized spacial score (nSPS) is 23.0. The summed E-state index contributed by atoms with van der Waals surface area (Å²) in [6.07, 6.45) is 4.76. The van der Waals surface area contributed by atoms with Gasteiger partial charge in [0.25, 0.3) is 0 Å². The standard InChI is InChI=1S/C56H84N8O13/c1-10-35(4)50(45(74-8)31-48(68)62-21-14-17-43(62)52(75-9)37(6)44(65)30-40(56(72)73)28-38-15-12-11-13-16-38)60(7)55(71)49(34(2)3)57-53(69)51-39-18-19-42(29-39)64(51)46(66)20-23-76-25-26-77-24-22-61-32-41(58-59-61)33-63-47(67)27-36(5)54(63)70/h11-13,15-16,32,34-37,39-40,42-43,45,49-52H,10,14,17-31,33H2,1-9H3,(H,57,69)(H,72,73)/t35-,36?,37-,39-,40+,42-,43-,45+,49-,50-,51-,52+/m0/s1. The second kappa shape index (κ2) is 28.3. The molecule has 3 saturated heterocycles. The van der Waals surface area contributed by atoms with Crippen molar-refractivity contribution in [2.24, 2.45) is 35.5 Å². The van der Waals surface area contributed by atoms with E-state index in [1.165, 1.54) is 19.1 Å². The molecule has 3 aliphatic heterocycles. The fraction of sp³-hybridized carbons (Fsp3) is 0.714. The topological polar surface area (TPSA) is 249 Å². The summed E-state index contributed by atoms with van der Waals surface area (Å²) in [4.78, 5) is 114. The number of fused-ring (bicyclic) bond motifs is 2. The number of aliphatic carboxylic acids is 1. The molecule has 2 aromatic rings. The fourth-order valence-corrected chi connectivity index (χ4v) is 12.0. The van der Waals surface area contributed by atoms with Crippen LogP contribution in [0.5, 0.6) is 0 Å². The van der Waals surface area contributed by atoms with Crippen molar-refractivity contribution < 1.29 is 62.4 Å². The molecule has 1 unspecified atom stereocenters. The summed E-state index contributed by atoms with van der Waals surface area (Å²) in [5.74, 6) is -5.26. The largest absolute Gasteiger partial charge is 0.481 e. The molecular formula is C56H84N8O13. The third-order valence-corrected chi connectivity index (χ3v) is 16.5. The predicted molar refractivity (Wildman–Crippen MR) is 281 cm³/mol. The zero-order valence-corrected chi connectivity index (χ0v) is 46.7. The van der Waals surface area contributed by atoms with Crippen molar-refractivity contribution in [3.05, 3.63) is 47.8 Å². The average molecular weight is 1080 g/mol.